The van der Waals surface area contributed by atoms with E-state index >= 15 is 0 Å². The van der Waals surface area contributed by atoms with Crippen LogP contribution < -0.4 is 10.6 Å². The fourth-order valence-electron chi connectivity index (χ4n) is 2.60. The first kappa shape index (κ1) is 15.2. The molecule has 3 rings (SSSR count). The molecule has 1 fully saturated rings. The smallest absolute Gasteiger partial charge is 0.273 e. The van der Waals surface area contributed by atoms with E-state index < -0.39 is 0 Å². The van der Waals surface area contributed by atoms with Crippen LogP contribution >= 0.6 is 11.3 Å². The number of rotatable bonds is 5. The Bertz CT molecular complexity index is 629. The minimum atomic E-state index is -0.161. The van der Waals surface area contributed by atoms with E-state index in [-0.39, 0.29) is 5.91 Å². The van der Waals surface area contributed by atoms with E-state index in [0.29, 0.717) is 18.3 Å². The summed E-state index contributed by atoms with van der Waals surface area (Å²) in [6, 6.07) is 4.52. The molecule has 2 N–H and O–H groups in total. The maximum Gasteiger partial charge on any atom is 0.273 e. The molecule has 6 nitrogen and oxygen atoms in total. The van der Waals surface area contributed by atoms with Crippen molar-refractivity contribution in [2.75, 3.05) is 13.1 Å². The van der Waals surface area contributed by atoms with Crippen molar-refractivity contribution in [2.45, 2.75) is 38.8 Å². The zero-order valence-electron chi connectivity index (χ0n) is 12.7. The van der Waals surface area contributed by atoms with Crippen molar-refractivity contribution in [3.63, 3.8) is 0 Å². The lowest BCUT2D eigenvalue weighted by Crippen LogP contribution is -2.29. The van der Waals surface area contributed by atoms with Crippen molar-refractivity contribution in [2.24, 2.45) is 0 Å². The number of carbonyl (C=O) groups is 1. The first-order valence-corrected chi connectivity index (χ1v) is 8.56. The third kappa shape index (κ3) is 3.53. The summed E-state index contributed by atoms with van der Waals surface area (Å²) < 4.78 is 1.83. The summed E-state index contributed by atoms with van der Waals surface area (Å²) in [5.74, 6) is -0.161. The predicted octanol–water partition coefficient (Wildman–Crippen LogP) is 1.76. The molecule has 0 saturated carbocycles. The third-order valence-electron chi connectivity index (χ3n) is 3.91. The molecule has 0 radical (unpaired) electrons. The molecule has 1 aliphatic rings. The topological polar surface area (TPSA) is 71.8 Å². The van der Waals surface area contributed by atoms with Crippen molar-refractivity contribution in [3.8, 4) is 0 Å². The minimum Gasteiger partial charge on any atom is -0.346 e. The van der Waals surface area contributed by atoms with Crippen LogP contribution in [-0.2, 0) is 13.0 Å². The quantitative estimate of drug-likeness (QED) is 0.881. The van der Waals surface area contributed by atoms with E-state index in [9.17, 15) is 4.79 Å². The molecule has 0 bridgehead atoms. The largest absolute Gasteiger partial charge is 0.346 e. The average Bonchev–Trinajstić information content (AvgIpc) is 3.22. The normalized spacial score (nSPS) is 15.9. The van der Waals surface area contributed by atoms with Gasteiger partial charge in [0.2, 0.25) is 0 Å². The molecular weight excluding hydrogens is 298 g/mol. The Hall–Kier alpha value is -1.73. The molecule has 0 aromatic carbocycles. The molecule has 1 aliphatic heterocycles. The second kappa shape index (κ2) is 7.02. The third-order valence-corrected chi connectivity index (χ3v) is 5.14. The Morgan fingerprint density at radius 3 is 2.91 bits per heavy atom. The maximum absolute atomic E-state index is 12.2. The molecule has 22 heavy (non-hydrogen) atoms. The van der Waals surface area contributed by atoms with Gasteiger partial charge in [-0.05, 0) is 44.5 Å². The fraction of sp³-hybridized carbons (Fsp3) is 0.533. The van der Waals surface area contributed by atoms with Gasteiger partial charge in [-0.3, -0.25) is 4.79 Å². The van der Waals surface area contributed by atoms with Gasteiger partial charge in [0.1, 0.15) is 0 Å². The summed E-state index contributed by atoms with van der Waals surface area (Å²) in [6.07, 6.45) is 4.85. The van der Waals surface area contributed by atoms with Crippen molar-refractivity contribution >= 4 is 17.2 Å². The van der Waals surface area contributed by atoms with Crippen LogP contribution in [-0.4, -0.2) is 34.0 Å². The van der Waals surface area contributed by atoms with Crippen molar-refractivity contribution in [1.29, 1.82) is 0 Å². The Labute approximate surface area is 133 Å². The lowest BCUT2D eigenvalue weighted by molar-refractivity contribution is 0.0946. The summed E-state index contributed by atoms with van der Waals surface area (Å²) in [5.41, 5.74) is 0.394. The second-order valence-electron chi connectivity index (χ2n) is 5.47. The van der Waals surface area contributed by atoms with Crippen LogP contribution in [0.2, 0.25) is 0 Å². The van der Waals surface area contributed by atoms with Crippen LogP contribution in [0.15, 0.2) is 18.3 Å². The van der Waals surface area contributed by atoms with Crippen LogP contribution in [0.4, 0.5) is 0 Å². The molecule has 118 valence electrons. The molecule has 1 saturated heterocycles. The van der Waals surface area contributed by atoms with Gasteiger partial charge < -0.3 is 10.6 Å². The molecular formula is C15H21N5OS. The van der Waals surface area contributed by atoms with Gasteiger partial charge in [0.15, 0.2) is 5.69 Å². The summed E-state index contributed by atoms with van der Waals surface area (Å²) in [4.78, 5) is 14.7. The SMILES string of the molecule is CCc1ccc(CNC(=O)c2cn(C3CCNCC3)nn2)s1. The van der Waals surface area contributed by atoms with E-state index in [2.05, 4.69) is 40.0 Å². The highest BCUT2D eigenvalue weighted by Gasteiger charge is 2.18. The lowest BCUT2D eigenvalue weighted by atomic mass is 10.1. The van der Waals surface area contributed by atoms with Gasteiger partial charge in [-0.1, -0.05) is 12.1 Å². The van der Waals surface area contributed by atoms with Gasteiger partial charge in [-0.25, -0.2) is 4.68 Å². The summed E-state index contributed by atoms with van der Waals surface area (Å²) >= 11 is 1.74. The van der Waals surface area contributed by atoms with E-state index in [1.807, 2.05) is 4.68 Å². The van der Waals surface area contributed by atoms with Crippen LogP contribution in [0.3, 0.4) is 0 Å². The highest BCUT2D eigenvalue weighted by atomic mass is 32.1. The van der Waals surface area contributed by atoms with Crippen LogP contribution in [0.5, 0.6) is 0 Å². The zero-order valence-corrected chi connectivity index (χ0v) is 13.5. The Morgan fingerprint density at radius 2 is 2.18 bits per heavy atom. The van der Waals surface area contributed by atoms with E-state index in [1.165, 1.54) is 4.88 Å². The predicted molar refractivity (Wildman–Crippen MR) is 86.0 cm³/mol. The molecule has 0 aliphatic carbocycles. The van der Waals surface area contributed by atoms with E-state index in [4.69, 9.17) is 0 Å². The average molecular weight is 319 g/mol. The zero-order chi connectivity index (χ0) is 15.4. The summed E-state index contributed by atoms with van der Waals surface area (Å²) in [6.45, 7) is 4.66. The molecule has 2 aromatic heterocycles. The minimum absolute atomic E-state index is 0.161. The number of piperidine rings is 1. The monoisotopic (exact) mass is 319 g/mol. The molecule has 0 spiro atoms. The number of hydrogen-bond acceptors (Lipinski definition) is 5. The first-order chi connectivity index (χ1) is 10.8. The number of amides is 1. The number of nitrogens with zero attached hydrogens (tertiary/aromatic N) is 3. The first-order valence-electron chi connectivity index (χ1n) is 7.74. The molecule has 0 atom stereocenters. The molecule has 2 aromatic rings. The summed E-state index contributed by atoms with van der Waals surface area (Å²) in [5, 5.41) is 14.4. The number of aryl methyl sites for hydroxylation is 1. The van der Waals surface area contributed by atoms with Gasteiger partial charge >= 0.3 is 0 Å². The molecule has 0 unspecified atom stereocenters. The van der Waals surface area contributed by atoms with Crippen LogP contribution in [0, 0.1) is 0 Å². The van der Waals surface area contributed by atoms with Gasteiger partial charge in [0.25, 0.3) is 5.91 Å². The Kier molecular flexibility index (Phi) is 4.84. The van der Waals surface area contributed by atoms with Crippen LogP contribution in [0.25, 0.3) is 0 Å². The molecule has 1 amide bonds. The standard InChI is InChI=1S/C15H21N5OS/c1-2-12-3-4-13(22-12)9-17-15(21)14-10-20(19-18-14)11-5-7-16-8-6-11/h3-4,10-11,16H,2,5-9H2,1H3,(H,17,21). The number of carbonyl (C=O) groups excluding carboxylic acids is 1. The molecule has 3 heterocycles. The number of hydrogen-bond donors (Lipinski definition) is 2. The number of thiophene rings is 1. The van der Waals surface area contributed by atoms with Crippen LogP contribution in [0.1, 0.15) is 46.0 Å². The number of nitrogens with one attached hydrogen (secondary N) is 2. The lowest BCUT2D eigenvalue weighted by Gasteiger charge is -2.22. The van der Waals surface area contributed by atoms with Gasteiger partial charge in [0.05, 0.1) is 18.8 Å². The van der Waals surface area contributed by atoms with Crippen molar-refractivity contribution in [3.05, 3.63) is 33.8 Å². The van der Waals surface area contributed by atoms with Gasteiger partial charge in [-0.15, -0.1) is 16.4 Å². The fourth-order valence-corrected chi connectivity index (χ4v) is 3.49. The Morgan fingerprint density at radius 1 is 1.41 bits per heavy atom. The molecule has 7 heteroatoms. The van der Waals surface area contributed by atoms with Gasteiger partial charge in [-0.2, -0.15) is 0 Å². The Balaban J connectivity index is 1.56. The number of aromatic nitrogens is 3. The van der Waals surface area contributed by atoms with E-state index in [0.717, 1.165) is 37.2 Å². The summed E-state index contributed by atoms with van der Waals surface area (Å²) in [7, 11) is 0. The van der Waals surface area contributed by atoms with Crippen molar-refractivity contribution < 1.29 is 4.79 Å². The van der Waals surface area contributed by atoms with E-state index in [1.54, 1.807) is 17.5 Å². The van der Waals surface area contributed by atoms with Crippen molar-refractivity contribution in [1.82, 2.24) is 25.6 Å². The van der Waals surface area contributed by atoms with Gasteiger partial charge in [0, 0.05) is 9.75 Å². The highest BCUT2D eigenvalue weighted by molar-refractivity contribution is 7.11. The highest BCUT2D eigenvalue weighted by Crippen LogP contribution is 2.18. The second-order valence-corrected chi connectivity index (χ2v) is 6.72. The maximum atomic E-state index is 12.2.